The van der Waals surface area contributed by atoms with E-state index in [-0.39, 0.29) is 30.1 Å². The molecule has 1 saturated heterocycles. The Labute approximate surface area is 190 Å². The number of aromatic nitrogens is 3. The summed E-state index contributed by atoms with van der Waals surface area (Å²) in [7, 11) is 1.66. The minimum atomic E-state index is -0.106. The molecule has 29 heavy (non-hydrogen) atoms. The number of ether oxygens (including phenoxy) is 1. The molecule has 0 saturated carbocycles. The minimum Gasteiger partial charge on any atom is -0.393 e. The summed E-state index contributed by atoms with van der Waals surface area (Å²) in [6.45, 7) is 8.02. The third-order valence-corrected chi connectivity index (χ3v) is 5.32. The van der Waals surface area contributed by atoms with E-state index in [1.807, 2.05) is 4.68 Å². The maximum absolute atomic E-state index is 9.59. The lowest BCUT2D eigenvalue weighted by atomic mass is 10.1. The largest absolute Gasteiger partial charge is 0.393 e. The quantitative estimate of drug-likeness (QED) is 0.201. The normalized spacial score (nSPS) is 20.8. The summed E-state index contributed by atoms with van der Waals surface area (Å²) in [5, 5.41) is 21.0. The number of aliphatic hydroxyl groups excluding tert-OH is 1. The topological polar surface area (TPSA) is 99.8 Å². The molecule has 9 nitrogen and oxygen atoms in total. The van der Waals surface area contributed by atoms with E-state index >= 15 is 0 Å². The maximum Gasteiger partial charge on any atom is 0.191 e. The first-order chi connectivity index (χ1) is 13.7. The van der Waals surface area contributed by atoms with Crippen molar-refractivity contribution in [3.8, 4) is 0 Å². The second kappa shape index (κ2) is 12.7. The Morgan fingerprint density at radius 2 is 2.10 bits per heavy atom. The monoisotopic (exact) mass is 521 g/mol. The lowest BCUT2D eigenvalue weighted by Crippen LogP contribution is -2.47. The van der Waals surface area contributed by atoms with Crippen LogP contribution in [-0.2, 0) is 24.3 Å². The molecule has 2 aliphatic heterocycles. The van der Waals surface area contributed by atoms with Crippen LogP contribution in [0.5, 0.6) is 0 Å². The van der Waals surface area contributed by atoms with Gasteiger partial charge in [-0.25, -0.2) is 9.67 Å². The van der Waals surface area contributed by atoms with Crippen LogP contribution in [0.15, 0.2) is 4.99 Å². The van der Waals surface area contributed by atoms with Gasteiger partial charge in [-0.3, -0.25) is 4.99 Å². The fraction of sp³-hybridized carbons (Fsp3) is 0.842. The van der Waals surface area contributed by atoms with Crippen molar-refractivity contribution >= 4 is 29.9 Å². The molecule has 2 aliphatic rings. The van der Waals surface area contributed by atoms with Gasteiger partial charge in [0.25, 0.3) is 0 Å². The summed E-state index contributed by atoms with van der Waals surface area (Å²) in [6, 6.07) is 0.297. The van der Waals surface area contributed by atoms with Crippen molar-refractivity contribution < 1.29 is 9.84 Å². The predicted molar refractivity (Wildman–Crippen MR) is 124 cm³/mol. The van der Waals surface area contributed by atoms with E-state index in [4.69, 9.17) is 9.73 Å². The van der Waals surface area contributed by atoms with Crippen LogP contribution in [0.4, 0.5) is 0 Å². The van der Waals surface area contributed by atoms with Crippen molar-refractivity contribution in [1.82, 2.24) is 30.3 Å². The number of aliphatic imine (C=N–C) groups is 1. The highest BCUT2D eigenvalue weighted by atomic mass is 127. The molecule has 3 N–H and O–H groups in total. The molecular formula is C19H36IN7O2. The molecule has 1 fully saturated rings. The fourth-order valence-corrected chi connectivity index (χ4v) is 3.81. The highest BCUT2D eigenvalue weighted by Crippen LogP contribution is 2.13. The second-order valence-electron chi connectivity index (χ2n) is 7.63. The minimum absolute atomic E-state index is 0. The van der Waals surface area contributed by atoms with E-state index in [1.54, 1.807) is 7.11 Å². The van der Waals surface area contributed by atoms with Crippen LogP contribution >= 0.6 is 24.0 Å². The predicted octanol–water partition coefficient (Wildman–Crippen LogP) is 0.759. The number of fused-ring (bicyclic) bond motifs is 1. The molecule has 0 bridgehead atoms. The van der Waals surface area contributed by atoms with E-state index in [9.17, 15) is 5.11 Å². The van der Waals surface area contributed by atoms with Crippen LogP contribution in [0, 0.1) is 0 Å². The van der Waals surface area contributed by atoms with E-state index in [2.05, 4.69) is 32.5 Å². The summed E-state index contributed by atoms with van der Waals surface area (Å²) in [5.41, 5.74) is 0. The number of nitrogens with zero attached hydrogens (tertiary/aromatic N) is 5. The molecule has 3 rings (SSSR count). The van der Waals surface area contributed by atoms with Crippen LogP contribution in [0.2, 0.25) is 0 Å². The van der Waals surface area contributed by atoms with Gasteiger partial charge in [0.2, 0.25) is 0 Å². The number of likely N-dealkylation sites (tertiary alicyclic amines) is 1. The number of piperidine rings is 1. The van der Waals surface area contributed by atoms with Crippen LogP contribution in [0.25, 0.3) is 0 Å². The molecule has 1 atom stereocenters. The molecule has 0 amide bonds. The first-order valence-corrected chi connectivity index (χ1v) is 10.5. The Hall–Kier alpha value is -0.980. The van der Waals surface area contributed by atoms with Gasteiger partial charge in [0.15, 0.2) is 11.8 Å². The first kappa shape index (κ1) is 24.3. The average Bonchev–Trinajstić information content (AvgIpc) is 3.08. The van der Waals surface area contributed by atoms with Crippen molar-refractivity contribution in [2.45, 2.75) is 64.3 Å². The second-order valence-corrected chi connectivity index (χ2v) is 7.63. The molecule has 0 aliphatic carbocycles. The van der Waals surface area contributed by atoms with E-state index in [0.29, 0.717) is 12.6 Å². The Balaban J connectivity index is 0.00000300. The molecular weight excluding hydrogens is 485 g/mol. The summed E-state index contributed by atoms with van der Waals surface area (Å²) >= 11 is 0. The van der Waals surface area contributed by atoms with Crippen molar-refractivity contribution in [3.05, 3.63) is 11.6 Å². The van der Waals surface area contributed by atoms with Crippen molar-refractivity contribution in [2.24, 2.45) is 4.99 Å². The summed E-state index contributed by atoms with van der Waals surface area (Å²) in [5.74, 6) is 2.67. The van der Waals surface area contributed by atoms with Gasteiger partial charge in [0.05, 0.1) is 12.6 Å². The molecule has 0 radical (unpaired) electrons. The third kappa shape index (κ3) is 7.65. The van der Waals surface area contributed by atoms with Gasteiger partial charge in [-0.2, -0.15) is 5.10 Å². The fourth-order valence-electron chi connectivity index (χ4n) is 3.81. The Kier molecular flexibility index (Phi) is 10.6. The van der Waals surface area contributed by atoms with Crippen molar-refractivity contribution in [2.75, 3.05) is 39.8 Å². The molecule has 1 unspecified atom stereocenters. The molecule has 3 heterocycles. The highest BCUT2D eigenvalue weighted by Gasteiger charge is 2.22. The molecule has 0 spiro atoms. The summed E-state index contributed by atoms with van der Waals surface area (Å²) in [6.07, 6.45) is 4.65. The number of hydrogen-bond acceptors (Lipinski definition) is 6. The van der Waals surface area contributed by atoms with Crippen molar-refractivity contribution in [3.63, 3.8) is 0 Å². The van der Waals surface area contributed by atoms with Gasteiger partial charge in [0, 0.05) is 45.8 Å². The van der Waals surface area contributed by atoms with Crippen LogP contribution in [0.3, 0.4) is 0 Å². The average molecular weight is 521 g/mol. The lowest BCUT2D eigenvalue weighted by Gasteiger charge is -2.29. The van der Waals surface area contributed by atoms with Gasteiger partial charge in [0.1, 0.15) is 12.4 Å². The number of guanidine groups is 1. The zero-order chi connectivity index (χ0) is 19.8. The van der Waals surface area contributed by atoms with Gasteiger partial charge in [-0.1, -0.05) is 0 Å². The number of aryl methyl sites for hydroxylation is 1. The van der Waals surface area contributed by atoms with Gasteiger partial charge < -0.3 is 25.4 Å². The summed E-state index contributed by atoms with van der Waals surface area (Å²) in [4.78, 5) is 11.7. The Bertz CT molecular complexity index is 632. The first-order valence-electron chi connectivity index (χ1n) is 10.5. The van der Waals surface area contributed by atoms with Crippen LogP contribution in [0.1, 0.15) is 44.3 Å². The molecule has 0 aromatic carbocycles. The van der Waals surface area contributed by atoms with E-state index in [1.165, 1.54) is 0 Å². The zero-order valence-electron chi connectivity index (χ0n) is 17.6. The van der Waals surface area contributed by atoms with E-state index < -0.39 is 0 Å². The molecule has 1 aromatic heterocycles. The standard InChI is InChI=1S/C19H35N7O2.HI/c1-3-20-19(21-9-4-10-25-11-7-16(27)8-12-25)22-15-5-6-18-23-17(14-28-2)24-26(18)13-15;/h15-16,27H,3-14H2,1-2H3,(H2,20,21,22);1H. The number of rotatable bonds is 8. The molecule has 1 aromatic rings. The highest BCUT2D eigenvalue weighted by molar-refractivity contribution is 14.0. The van der Waals surface area contributed by atoms with E-state index in [0.717, 1.165) is 89.0 Å². The molecule has 10 heteroatoms. The molecule has 166 valence electrons. The van der Waals surface area contributed by atoms with Gasteiger partial charge in [-0.05, 0) is 39.2 Å². The zero-order valence-corrected chi connectivity index (χ0v) is 20.0. The number of hydrogen-bond donors (Lipinski definition) is 3. The third-order valence-electron chi connectivity index (χ3n) is 5.32. The number of nitrogens with one attached hydrogen (secondary N) is 2. The Morgan fingerprint density at radius 3 is 2.83 bits per heavy atom. The van der Waals surface area contributed by atoms with Crippen LogP contribution in [-0.4, -0.2) is 82.7 Å². The maximum atomic E-state index is 9.59. The number of methoxy groups -OCH3 is 1. The van der Waals surface area contributed by atoms with Gasteiger partial charge in [-0.15, -0.1) is 24.0 Å². The Morgan fingerprint density at radius 1 is 1.31 bits per heavy atom. The number of halogens is 1. The van der Waals surface area contributed by atoms with Crippen molar-refractivity contribution in [1.29, 1.82) is 0 Å². The lowest BCUT2D eigenvalue weighted by molar-refractivity contribution is 0.0824. The van der Waals surface area contributed by atoms with Crippen LogP contribution < -0.4 is 10.6 Å². The summed E-state index contributed by atoms with van der Waals surface area (Å²) < 4.78 is 7.12. The SMILES string of the molecule is CCNC(=NCCCN1CCC(O)CC1)NC1CCc2nc(COC)nn2C1.I. The number of aliphatic hydroxyl groups is 1. The smallest absolute Gasteiger partial charge is 0.191 e. The van der Waals surface area contributed by atoms with Gasteiger partial charge >= 0.3 is 0 Å².